The van der Waals surface area contributed by atoms with Crippen LogP contribution in [0.2, 0.25) is 27.3 Å². The Labute approximate surface area is 285 Å². The van der Waals surface area contributed by atoms with E-state index in [0.29, 0.717) is 6.08 Å². The molecule has 0 saturated carbocycles. The Morgan fingerprint density at radius 2 is 0.816 bits per heavy atom. The minimum Gasteiger partial charge on any atom is -0.478 e. The molecule has 0 aromatic carbocycles. The molecule has 0 radical (unpaired) electrons. The fourth-order valence-corrected chi connectivity index (χ4v) is 3.58. The zero-order valence-corrected chi connectivity index (χ0v) is 28.1. The lowest BCUT2D eigenvalue weighted by molar-refractivity contribution is -0.132. The smallest absolute Gasteiger partial charge is 0.392 e. The Hall–Kier alpha value is -3.62. The standard InChI is InChI=1S/C22H48B4N12O11/c1-23(46)32-28-18(40)13-37(14-19(41)29-33-24(2)47)11-9-36(8-7-27-17(39)5-6-22(44)45)10-12-38(15-20(42)30-34-25(3)48)16-21(43)31-35-26(4)49/h5-6,32-35,46-49H,7-16H2,1-4H3,(H,27,39)(H,28,40)(H,29,41)(H,30,42)(H,31,43)(H,44,45)/b6-5-. The van der Waals surface area contributed by atoms with E-state index in [2.05, 4.69) is 48.4 Å². The minimum atomic E-state index is -1.31. The molecule has 27 heteroatoms. The van der Waals surface area contributed by atoms with E-state index in [0.717, 1.165) is 6.08 Å². The first kappa shape index (κ1) is 45.4. The van der Waals surface area contributed by atoms with E-state index in [1.165, 1.54) is 37.1 Å². The fraction of sp³-hybridized carbons (Fsp3) is 0.636. The molecular weight excluding hydrogens is 652 g/mol. The Morgan fingerprint density at radius 1 is 0.510 bits per heavy atom. The molecule has 0 aliphatic rings. The Bertz CT molecular complexity index is 967. The molecule has 23 nitrogen and oxygen atoms in total. The van der Waals surface area contributed by atoms with Crippen LogP contribution in [0.1, 0.15) is 0 Å². The third-order valence-electron chi connectivity index (χ3n) is 5.72. The highest BCUT2D eigenvalue weighted by Gasteiger charge is 2.20. The van der Waals surface area contributed by atoms with Gasteiger partial charge < -0.3 is 30.5 Å². The van der Waals surface area contributed by atoms with Crippen molar-refractivity contribution in [2.24, 2.45) is 0 Å². The van der Waals surface area contributed by atoms with Crippen LogP contribution in [0.4, 0.5) is 0 Å². The fourth-order valence-electron chi connectivity index (χ4n) is 3.58. The zero-order valence-electron chi connectivity index (χ0n) is 28.1. The van der Waals surface area contributed by atoms with Gasteiger partial charge in [-0.3, -0.25) is 60.4 Å². The molecule has 0 saturated heterocycles. The van der Waals surface area contributed by atoms with Crippen molar-refractivity contribution in [3.05, 3.63) is 12.2 Å². The average Bonchev–Trinajstić information content (AvgIpc) is 3.00. The molecule has 0 spiro atoms. The van der Waals surface area contributed by atoms with Gasteiger partial charge in [0.15, 0.2) is 0 Å². The second kappa shape index (κ2) is 26.3. The minimum absolute atomic E-state index is 0.0397. The average molecular weight is 700 g/mol. The van der Waals surface area contributed by atoms with Gasteiger partial charge in [0.25, 0.3) is 0 Å². The molecule has 0 heterocycles. The summed E-state index contributed by atoms with van der Waals surface area (Å²) < 4.78 is 0. The summed E-state index contributed by atoms with van der Waals surface area (Å²) in [6.07, 6.45) is 1.52. The van der Waals surface area contributed by atoms with E-state index < -0.39 is 63.7 Å². The summed E-state index contributed by atoms with van der Waals surface area (Å²) in [6, 6.07) is 0. The number of hydrogen-bond acceptors (Lipinski definition) is 17. The number of amides is 5. The molecule has 274 valence electrons. The normalized spacial score (nSPS) is 11.0. The van der Waals surface area contributed by atoms with Crippen molar-refractivity contribution >= 4 is 63.7 Å². The number of carboxylic acid groups (broad SMARTS) is 1. The quantitative estimate of drug-likeness (QED) is 0.0215. The highest BCUT2D eigenvalue weighted by molar-refractivity contribution is 6.46. The molecule has 0 aromatic heterocycles. The maximum atomic E-state index is 12.5. The number of aliphatic carboxylic acids is 1. The number of carbonyl (C=O) groups excluding carboxylic acids is 5. The molecule has 0 aliphatic carbocycles. The van der Waals surface area contributed by atoms with Gasteiger partial charge in [0.2, 0.25) is 29.5 Å². The molecule has 0 rings (SSSR count). The number of nitrogens with one attached hydrogen (secondary N) is 9. The molecule has 0 atom stereocenters. The van der Waals surface area contributed by atoms with Crippen LogP contribution in [-0.4, -0.2) is 169 Å². The predicted molar refractivity (Wildman–Crippen MR) is 180 cm³/mol. The van der Waals surface area contributed by atoms with E-state index in [-0.39, 0.29) is 65.4 Å². The van der Waals surface area contributed by atoms with Gasteiger partial charge in [-0.2, -0.15) is 0 Å². The summed E-state index contributed by atoms with van der Waals surface area (Å²) in [5.74, 6) is -4.30. The monoisotopic (exact) mass is 700 g/mol. The zero-order chi connectivity index (χ0) is 37.4. The lowest BCUT2D eigenvalue weighted by atomic mass is 9.91. The summed E-state index contributed by atoms with van der Waals surface area (Å²) >= 11 is 0. The first-order valence-electron chi connectivity index (χ1n) is 15.2. The molecule has 49 heavy (non-hydrogen) atoms. The molecule has 14 N–H and O–H groups in total. The van der Waals surface area contributed by atoms with E-state index in [1.807, 2.05) is 0 Å². The first-order valence-corrected chi connectivity index (χ1v) is 15.2. The highest BCUT2D eigenvalue weighted by atomic mass is 16.4. The maximum Gasteiger partial charge on any atom is 0.392 e. The summed E-state index contributed by atoms with van der Waals surface area (Å²) in [4.78, 5) is 77.3. The van der Waals surface area contributed by atoms with Gasteiger partial charge >= 0.3 is 34.2 Å². The number of carboxylic acids is 1. The molecular formula is C22H48B4N12O11. The maximum absolute atomic E-state index is 12.5. The van der Waals surface area contributed by atoms with E-state index >= 15 is 0 Å². The van der Waals surface area contributed by atoms with Gasteiger partial charge in [0, 0.05) is 51.4 Å². The van der Waals surface area contributed by atoms with Gasteiger partial charge in [-0.25, -0.2) is 26.1 Å². The van der Waals surface area contributed by atoms with Crippen molar-refractivity contribution in [3.63, 3.8) is 0 Å². The van der Waals surface area contributed by atoms with Crippen molar-refractivity contribution in [1.29, 1.82) is 0 Å². The van der Waals surface area contributed by atoms with Crippen molar-refractivity contribution in [3.8, 4) is 0 Å². The van der Waals surface area contributed by atoms with Crippen molar-refractivity contribution < 1.29 is 54.0 Å². The number of nitrogens with zero attached hydrogens (tertiary/aromatic N) is 3. The van der Waals surface area contributed by atoms with Crippen LogP contribution in [0.25, 0.3) is 0 Å². The largest absolute Gasteiger partial charge is 0.478 e. The molecule has 0 aromatic rings. The van der Waals surface area contributed by atoms with Crippen LogP contribution in [-0.2, 0) is 28.8 Å². The lowest BCUT2D eigenvalue weighted by Gasteiger charge is -2.29. The molecule has 0 aliphatic heterocycles. The third kappa shape index (κ3) is 28.0. The number of hydrazine groups is 4. The molecule has 0 fully saturated rings. The van der Waals surface area contributed by atoms with Crippen LogP contribution in [0.15, 0.2) is 12.2 Å². The number of carbonyl (C=O) groups is 6. The lowest BCUT2D eigenvalue weighted by Crippen LogP contribution is -2.54. The highest BCUT2D eigenvalue weighted by Crippen LogP contribution is 1.97. The molecule has 5 amide bonds. The molecule has 0 unspecified atom stereocenters. The van der Waals surface area contributed by atoms with E-state index in [1.54, 1.807) is 4.90 Å². The Kier molecular flexibility index (Phi) is 24.3. The Balaban J connectivity index is 5.86. The van der Waals surface area contributed by atoms with Crippen LogP contribution in [0.5, 0.6) is 0 Å². The van der Waals surface area contributed by atoms with E-state index in [9.17, 15) is 48.9 Å². The van der Waals surface area contributed by atoms with Crippen molar-refractivity contribution in [2.75, 3.05) is 65.4 Å². The van der Waals surface area contributed by atoms with E-state index in [4.69, 9.17) is 5.11 Å². The van der Waals surface area contributed by atoms with Gasteiger partial charge in [-0.15, -0.1) is 0 Å². The molecule has 0 bridgehead atoms. The SMILES string of the molecule is CB(O)NNC(=O)CN(CCN(CCNC(=O)/C=C\C(=O)O)CCN(CC(=O)NNB(C)O)CC(=O)NNB(C)O)CC(=O)NNB(C)O. The topological polar surface area (TPSA) is 322 Å². The van der Waals surface area contributed by atoms with Crippen LogP contribution in [0, 0.1) is 0 Å². The summed E-state index contributed by atoms with van der Waals surface area (Å²) in [7, 11) is -4.20. The van der Waals surface area contributed by atoms with Gasteiger partial charge in [0.1, 0.15) is 0 Å². The van der Waals surface area contributed by atoms with Crippen LogP contribution < -0.4 is 48.4 Å². The van der Waals surface area contributed by atoms with Crippen molar-refractivity contribution in [2.45, 2.75) is 27.3 Å². The summed E-state index contributed by atoms with van der Waals surface area (Å²) in [6.45, 7) is 5.07. The van der Waals surface area contributed by atoms with Crippen LogP contribution >= 0.6 is 0 Å². The van der Waals surface area contributed by atoms with Crippen LogP contribution in [0.3, 0.4) is 0 Å². The van der Waals surface area contributed by atoms with Gasteiger partial charge in [-0.1, -0.05) is 0 Å². The summed E-state index contributed by atoms with van der Waals surface area (Å²) in [5, 5.41) is 58.2. The second-order valence-electron chi connectivity index (χ2n) is 10.7. The second-order valence-corrected chi connectivity index (χ2v) is 10.7. The first-order chi connectivity index (χ1) is 23.0. The summed E-state index contributed by atoms with van der Waals surface area (Å²) in [5.41, 5.74) is 9.20. The number of hydrogen-bond donors (Lipinski definition) is 14. The number of rotatable bonds is 27. The van der Waals surface area contributed by atoms with Gasteiger partial charge in [-0.05, 0) is 27.3 Å². The predicted octanol–water partition coefficient (Wildman–Crippen LogP) is -8.43. The van der Waals surface area contributed by atoms with Crippen molar-refractivity contribution in [1.82, 2.24) is 63.1 Å². The Morgan fingerprint density at radius 3 is 1.10 bits per heavy atom. The third-order valence-corrected chi connectivity index (χ3v) is 5.72. The van der Waals surface area contributed by atoms with Gasteiger partial charge in [0.05, 0.1) is 26.2 Å².